The number of amides is 2. The molecular weight excluding hydrogens is 456 g/mol. The second kappa shape index (κ2) is 9.83. The summed E-state index contributed by atoms with van der Waals surface area (Å²) in [5, 5.41) is 13.5. The number of carbonyl (C=O) groups is 2. The standard InChI is InChI=1S/C27H24N6O3/c1-17-12-23-22(16-36-24(23)13-18(17)2)14-25(34)28-30-27(35)21-10-8-19(9-11-21)15-33-31-26(29-32-33)20-6-4-3-5-7-20/h3-13,16H,14-15H2,1-2H3,(H,28,34)(H,30,35). The fourth-order valence-electron chi connectivity index (χ4n) is 3.83. The van der Waals surface area contributed by atoms with Crippen LogP contribution in [0, 0.1) is 13.8 Å². The molecule has 9 nitrogen and oxygen atoms in total. The number of nitrogens with one attached hydrogen (secondary N) is 2. The van der Waals surface area contributed by atoms with Gasteiger partial charge in [0.25, 0.3) is 5.91 Å². The number of hydrogen-bond acceptors (Lipinski definition) is 6. The van der Waals surface area contributed by atoms with Gasteiger partial charge in [-0.2, -0.15) is 4.80 Å². The summed E-state index contributed by atoms with van der Waals surface area (Å²) in [5.74, 6) is -0.202. The Morgan fingerprint density at radius 2 is 1.69 bits per heavy atom. The summed E-state index contributed by atoms with van der Waals surface area (Å²) in [6, 6.07) is 20.6. The number of aromatic nitrogens is 4. The lowest BCUT2D eigenvalue weighted by Gasteiger charge is -2.08. The lowest BCUT2D eigenvalue weighted by atomic mass is 10.0. The van der Waals surface area contributed by atoms with E-state index >= 15 is 0 Å². The molecule has 0 aliphatic rings. The molecule has 0 saturated heterocycles. The topological polar surface area (TPSA) is 115 Å². The van der Waals surface area contributed by atoms with Gasteiger partial charge in [0.1, 0.15) is 5.58 Å². The minimum atomic E-state index is -0.413. The monoisotopic (exact) mass is 480 g/mol. The zero-order valence-corrected chi connectivity index (χ0v) is 19.9. The van der Waals surface area contributed by atoms with Crippen molar-refractivity contribution in [2.75, 3.05) is 0 Å². The van der Waals surface area contributed by atoms with Crippen molar-refractivity contribution >= 4 is 22.8 Å². The third-order valence-corrected chi connectivity index (χ3v) is 5.96. The van der Waals surface area contributed by atoms with Crippen molar-refractivity contribution in [3.05, 3.63) is 101 Å². The highest BCUT2D eigenvalue weighted by atomic mass is 16.3. The Balaban J connectivity index is 1.15. The van der Waals surface area contributed by atoms with Crippen molar-refractivity contribution in [3.8, 4) is 11.4 Å². The number of rotatable bonds is 6. The van der Waals surface area contributed by atoms with Crippen LogP contribution < -0.4 is 10.9 Å². The van der Waals surface area contributed by atoms with Crippen LogP contribution in [-0.2, 0) is 17.8 Å². The van der Waals surface area contributed by atoms with Crippen LogP contribution in [0.25, 0.3) is 22.4 Å². The average molecular weight is 481 g/mol. The number of fused-ring (bicyclic) bond motifs is 1. The van der Waals surface area contributed by atoms with Crippen LogP contribution in [0.2, 0.25) is 0 Å². The molecular formula is C27H24N6O3. The first kappa shape index (κ1) is 23.0. The van der Waals surface area contributed by atoms with Crippen LogP contribution >= 0.6 is 0 Å². The Hall–Kier alpha value is -4.79. The van der Waals surface area contributed by atoms with Gasteiger partial charge < -0.3 is 4.42 Å². The molecule has 0 spiro atoms. The van der Waals surface area contributed by atoms with Gasteiger partial charge in [0, 0.05) is 22.1 Å². The zero-order valence-electron chi connectivity index (χ0n) is 19.9. The van der Waals surface area contributed by atoms with Crippen LogP contribution in [0.15, 0.2) is 77.4 Å². The van der Waals surface area contributed by atoms with E-state index in [0.29, 0.717) is 17.9 Å². The molecule has 36 heavy (non-hydrogen) atoms. The summed E-state index contributed by atoms with van der Waals surface area (Å²) < 4.78 is 5.58. The van der Waals surface area contributed by atoms with Gasteiger partial charge >= 0.3 is 0 Å². The van der Waals surface area contributed by atoms with Gasteiger partial charge in [-0.25, -0.2) is 0 Å². The SMILES string of the molecule is Cc1cc2occ(CC(=O)NNC(=O)c3ccc(Cn4nnc(-c5ccccc5)n4)cc3)c2cc1C. The lowest BCUT2D eigenvalue weighted by Crippen LogP contribution is -2.42. The quantitative estimate of drug-likeness (QED) is 0.358. The summed E-state index contributed by atoms with van der Waals surface area (Å²) in [4.78, 5) is 26.4. The number of nitrogens with zero attached hydrogens (tertiary/aromatic N) is 4. The number of hydrogen-bond donors (Lipinski definition) is 2. The van der Waals surface area contributed by atoms with E-state index in [4.69, 9.17) is 4.42 Å². The van der Waals surface area contributed by atoms with Gasteiger partial charge in [0.2, 0.25) is 11.7 Å². The molecule has 5 rings (SSSR count). The molecule has 2 amide bonds. The zero-order chi connectivity index (χ0) is 25.1. The maximum atomic E-state index is 12.5. The van der Waals surface area contributed by atoms with Crippen molar-refractivity contribution in [1.29, 1.82) is 0 Å². The summed E-state index contributed by atoms with van der Waals surface area (Å²) in [5.41, 5.74) is 10.9. The number of carbonyl (C=O) groups excluding carboxylic acids is 2. The van der Waals surface area contributed by atoms with Crippen LogP contribution in [0.4, 0.5) is 0 Å². The molecule has 0 aliphatic heterocycles. The molecule has 0 atom stereocenters. The highest BCUT2D eigenvalue weighted by Gasteiger charge is 2.13. The first-order valence-corrected chi connectivity index (χ1v) is 11.4. The van der Waals surface area contributed by atoms with Gasteiger partial charge in [0.15, 0.2) is 0 Å². The van der Waals surface area contributed by atoms with E-state index in [1.807, 2.05) is 68.4 Å². The van der Waals surface area contributed by atoms with Crippen LogP contribution in [0.3, 0.4) is 0 Å². The third kappa shape index (κ3) is 5.00. The summed E-state index contributed by atoms with van der Waals surface area (Å²) >= 11 is 0. The van der Waals surface area contributed by atoms with E-state index in [2.05, 4.69) is 26.3 Å². The van der Waals surface area contributed by atoms with E-state index in [9.17, 15) is 9.59 Å². The van der Waals surface area contributed by atoms with Crippen molar-refractivity contribution in [3.63, 3.8) is 0 Å². The molecule has 9 heteroatoms. The number of tetrazole rings is 1. The molecule has 0 saturated carbocycles. The van der Waals surface area contributed by atoms with E-state index in [-0.39, 0.29) is 12.3 Å². The minimum Gasteiger partial charge on any atom is -0.464 e. The molecule has 3 aromatic carbocycles. The van der Waals surface area contributed by atoms with Crippen molar-refractivity contribution in [1.82, 2.24) is 31.1 Å². The first-order chi connectivity index (χ1) is 17.5. The average Bonchev–Trinajstić information content (AvgIpc) is 3.51. The maximum Gasteiger partial charge on any atom is 0.269 e. The van der Waals surface area contributed by atoms with Crippen LogP contribution in [0.5, 0.6) is 0 Å². The Kier molecular flexibility index (Phi) is 6.27. The highest BCUT2D eigenvalue weighted by Crippen LogP contribution is 2.25. The predicted octanol–water partition coefficient (Wildman–Crippen LogP) is 3.76. The Morgan fingerprint density at radius 1 is 0.944 bits per heavy atom. The third-order valence-electron chi connectivity index (χ3n) is 5.96. The lowest BCUT2D eigenvalue weighted by molar-refractivity contribution is -0.121. The van der Waals surface area contributed by atoms with Gasteiger partial charge in [-0.3, -0.25) is 20.4 Å². The number of furan rings is 1. The predicted molar refractivity (Wildman–Crippen MR) is 134 cm³/mol. The molecule has 0 unspecified atom stereocenters. The number of hydrazine groups is 1. The molecule has 0 radical (unpaired) electrons. The van der Waals surface area contributed by atoms with E-state index < -0.39 is 5.91 Å². The summed E-state index contributed by atoms with van der Waals surface area (Å²) in [6.45, 7) is 4.44. The molecule has 0 aliphatic carbocycles. The molecule has 2 N–H and O–H groups in total. The van der Waals surface area contributed by atoms with Gasteiger partial charge in [0.05, 0.1) is 19.2 Å². The van der Waals surface area contributed by atoms with Crippen molar-refractivity contribution in [2.24, 2.45) is 0 Å². The fourth-order valence-corrected chi connectivity index (χ4v) is 3.83. The number of benzene rings is 3. The second-order valence-electron chi connectivity index (χ2n) is 8.58. The van der Waals surface area contributed by atoms with Crippen LogP contribution in [-0.4, -0.2) is 32.0 Å². The van der Waals surface area contributed by atoms with Crippen LogP contribution in [0.1, 0.15) is 32.6 Å². The molecule has 0 fully saturated rings. The van der Waals surface area contributed by atoms with Gasteiger partial charge in [-0.05, 0) is 60.0 Å². The molecule has 2 heterocycles. The molecule has 180 valence electrons. The Labute approximate surface area is 207 Å². The van der Waals surface area contributed by atoms with E-state index in [1.54, 1.807) is 18.4 Å². The van der Waals surface area contributed by atoms with E-state index in [1.165, 1.54) is 4.80 Å². The smallest absolute Gasteiger partial charge is 0.269 e. The van der Waals surface area contributed by atoms with Crippen molar-refractivity contribution < 1.29 is 14.0 Å². The summed E-state index contributed by atoms with van der Waals surface area (Å²) in [7, 11) is 0. The highest BCUT2D eigenvalue weighted by molar-refractivity contribution is 5.96. The van der Waals surface area contributed by atoms with Gasteiger partial charge in [-0.1, -0.05) is 42.5 Å². The summed E-state index contributed by atoms with van der Waals surface area (Å²) in [6.07, 6.45) is 1.67. The molecule has 0 bridgehead atoms. The number of aryl methyl sites for hydroxylation is 2. The second-order valence-corrected chi connectivity index (χ2v) is 8.58. The van der Waals surface area contributed by atoms with Crippen molar-refractivity contribution in [2.45, 2.75) is 26.8 Å². The van der Waals surface area contributed by atoms with E-state index in [0.717, 1.165) is 38.8 Å². The first-order valence-electron chi connectivity index (χ1n) is 11.4. The largest absolute Gasteiger partial charge is 0.464 e. The fraction of sp³-hybridized carbons (Fsp3) is 0.148. The Morgan fingerprint density at radius 3 is 2.47 bits per heavy atom. The normalized spacial score (nSPS) is 10.9. The van der Waals surface area contributed by atoms with Gasteiger partial charge in [-0.15, -0.1) is 10.2 Å². The molecule has 2 aromatic heterocycles. The minimum absolute atomic E-state index is 0.0879. The molecule has 5 aromatic rings. The maximum absolute atomic E-state index is 12.5. The Bertz CT molecular complexity index is 1540.